The molecule has 4 aromatic rings. The molecular formula is C22H24FN7OS. The molecule has 0 unspecified atom stereocenters. The predicted molar refractivity (Wildman–Crippen MR) is 122 cm³/mol. The first-order chi connectivity index (χ1) is 15.2. The molecule has 32 heavy (non-hydrogen) atoms. The molecule has 2 N–H and O–H groups in total. The molecule has 166 valence electrons. The number of hydrogen-bond acceptors (Lipinski definition) is 6. The average Bonchev–Trinajstić information content (AvgIpc) is 3.36. The number of halogens is 1. The Labute approximate surface area is 189 Å². The molecule has 8 nitrogen and oxygen atoms in total. The van der Waals surface area contributed by atoms with Crippen molar-refractivity contribution in [3.8, 4) is 11.6 Å². The van der Waals surface area contributed by atoms with E-state index < -0.39 is 0 Å². The van der Waals surface area contributed by atoms with Crippen molar-refractivity contribution in [2.45, 2.75) is 39.8 Å². The molecule has 0 amide bonds. The van der Waals surface area contributed by atoms with E-state index in [1.165, 1.54) is 22.5 Å². The summed E-state index contributed by atoms with van der Waals surface area (Å²) in [6.07, 6.45) is 0. The van der Waals surface area contributed by atoms with Gasteiger partial charge in [0.05, 0.1) is 11.4 Å². The molecule has 10 heteroatoms. The van der Waals surface area contributed by atoms with Crippen molar-refractivity contribution in [3.63, 3.8) is 0 Å². The lowest BCUT2D eigenvalue weighted by Gasteiger charge is -2.11. The Kier molecular flexibility index (Phi) is 5.64. The summed E-state index contributed by atoms with van der Waals surface area (Å²) >= 11 is 1.21. The number of nitrogen functional groups attached to an aromatic ring is 1. The van der Waals surface area contributed by atoms with Crippen LogP contribution in [0.4, 0.5) is 4.39 Å². The average molecular weight is 454 g/mol. The number of aromatic nitrogens is 6. The first-order valence-electron chi connectivity index (χ1n) is 10.0. The number of nitrogens with zero attached hydrogens (tertiary/aromatic N) is 6. The highest BCUT2D eigenvalue weighted by Gasteiger charge is 2.20. The van der Waals surface area contributed by atoms with Crippen molar-refractivity contribution in [2.75, 3.05) is 11.6 Å². The fourth-order valence-corrected chi connectivity index (χ4v) is 4.45. The zero-order valence-corrected chi connectivity index (χ0v) is 19.4. The van der Waals surface area contributed by atoms with Gasteiger partial charge in [-0.2, -0.15) is 5.10 Å². The van der Waals surface area contributed by atoms with Gasteiger partial charge in [-0.1, -0.05) is 17.8 Å². The van der Waals surface area contributed by atoms with E-state index in [-0.39, 0.29) is 17.4 Å². The molecule has 0 aliphatic heterocycles. The van der Waals surface area contributed by atoms with Crippen molar-refractivity contribution >= 4 is 17.5 Å². The van der Waals surface area contributed by atoms with Crippen LogP contribution in [-0.2, 0) is 0 Å². The number of carbonyl (C=O) groups excluding carboxylic acids is 1. The van der Waals surface area contributed by atoms with Gasteiger partial charge in [0.1, 0.15) is 5.82 Å². The summed E-state index contributed by atoms with van der Waals surface area (Å²) in [6, 6.07) is 8.80. The third-order valence-corrected chi connectivity index (χ3v) is 6.27. The van der Waals surface area contributed by atoms with E-state index in [0.717, 1.165) is 22.8 Å². The van der Waals surface area contributed by atoms with E-state index >= 15 is 0 Å². The van der Waals surface area contributed by atoms with Crippen LogP contribution in [0.3, 0.4) is 0 Å². The zero-order valence-electron chi connectivity index (χ0n) is 18.5. The highest BCUT2D eigenvalue weighted by atomic mass is 32.2. The van der Waals surface area contributed by atoms with E-state index in [0.29, 0.717) is 27.9 Å². The second-order valence-corrected chi connectivity index (χ2v) is 8.70. The van der Waals surface area contributed by atoms with Crippen molar-refractivity contribution in [2.24, 2.45) is 0 Å². The number of benzene rings is 1. The van der Waals surface area contributed by atoms with E-state index in [2.05, 4.69) is 15.3 Å². The molecule has 3 heterocycles. The van der Waals surface area contributed by atoms with Gasteiger partial charge in [-0.05, 0) is 64.4 Å². The minimum absolute atomic E-state index is 0.0717. The normalized spacial score (nSPS) is 11.3. The molecule has 0 aliphatic rings. The lowest BCUT2D eigenvalue weighted by atomic mass is 10.2. The summed E-state index contributed by atoms with van der Waals surface area (Å²) in [5.74, 6) is 6.33. The predicted octanol–water partition coefficient (Wildman–Crippen LogP) is 3.62. The van der Waals surface area contributed by atoms with Crippen molar-refractivity contribution in [1.82, 2.24) is 29.2 Å². The van der Waals surface area contributed by atoms with E-state index in [1.807, 2.05) is 50.5 Å². The molecule has 4 rings (SSSR count). The van der Waals surface area contributed by atoms with Crippen molar-refractivity contribution in [1.29, 1.82) is 0 Å². The van der Waals surface area contributed by atoms with Gasteiger partial charge in [0, 0.05) is 28.3 Å². The van der Waals surface area contributed by atoms with Gasteiger partial charge >= 0.3 is 0 Å². The number of thioether (sulfide) groups is 1. The van der Waals surface area contributed by atoms with Gasteiger partial charge in [0.25, 0.3) is 5.95 Å². The first kappa shape index (κ1) is 21.8. The summed E-state index contributed by atoms with van der Waals surface area (Å²) in [7, 11) is 0. The topological polar surface area (TPSA) is 96.5 Å². The van der Waals surface area contributed by atoms with E-state index in [1.54, 1.807) is 17.7 Å². The molecule has 0 bridgehead atoms. The van der Waals surface area contributed by atoms with Gasteiger partial charge in [-0.3, -0.25) is 4.79 Å². The summed E-state index contributed by atoms with van der Waals surface area (Å²) in [4.78, 5) is 13.0. The van der Waals surface area contributed by atoms with Gasteiger partial charge < -0.3 is 10.4 Å². The lowest BCUT2D eigenvalue weighted by molar-refractivity contribution is 0.102. The molecule has 3 aromatic heterocycles. The minimum atomic E-state index is -0.279. The van der Waals surface area contributed by atoms with E-state index in [4.69, 9.17) is 5.84 Å². The Morgan fingerprint density at radius 1 is 1.06 bits per heavy atom. The maximum absolute atomic E-state index is 14.1. The van der Waals surface area contributed by atoms with Crippen LogP contribution in [0.25, 0.3) is 11.6 Å². The minimum Gasteiger partial charge on any atom is -0.334 e. The standard InChI is InChI=1S/C22H24FN7OS/c1-12-6-7-17(10-19(12)23)28-14(3)9-18(16(28)5)20(31)11-32-22-26-25-21(29(22)24)30-15(4)8-13(2)27-30/h6-10H,11,24H2,1-5H3. The zero-order chi connectivity index (χ0) is 23.2. The fourth-order valence-electron chi connectivity index (χ4n) is 3.71. The van der Waals surface area contributed by atoms with Crippen molar-refractivity contribution in [3.05, 3.63) is 70.1 Å². The Morgan fingerprint density at radius 2 is 1.81 bits per heavy atom. The van der Waals surface area contributed by atoms with Gasteiger partial charge in [-0.25, -0.2) is 13.7 Å². The molecule has 0 atom stereocenters. The molecule has 0 spiro atoms. The molecule has 0 saturated carbocycles. The summed E-state index contributed by atoms with van der Waals surface area (Å²) in [5.41, 5.74) is 5.19. The molecular weight excluding hydrogens is 429 g/mol. The van der Waals surface area contributed by atoms with Crippen LogP contribution < -0.4 is 5.84 Å². The number of ketones is 1. The van der Waals surface area contributed by atoms with Crippen molar-refractivity contribution < 1.29 is 9.18 Å². The molecule has 0 saturated heterocycles. The number of Topliss-reactive ketones (excluding diaryl/α,β-unsaturated/α-hetero) is 1. The number of carbonyl (C=O) groups is 1. The Hall–Kier alpha value is -3.40. The number of rotatable bonds is 6. The Bertz CT molecular complexity index is 1330. The third kappa shape index (κ3) is 3.81. The summed E-state index contributed by atoms with van der Waals surface area (Å²) in [6.45, 7) is 9.26. The molecule has 0 aliphatic carbocycles. The second kappa shape index (κ2) is 8.27. The van der Waals surface area contributed by atoms with Crippen LogP contribution >= 0.6 is 11.8 Å². The monoisotopic (exact) mass is 453 g/mol. The van der Waals surface area contributed by atoms with Crippen LogP contribution in [-0.4, -0.2) is 40.8 Å². The van der Waals surface area contributed by atoms with Crippen LogP contribution in [0.1, 0.15) is 38.7 Å². The Balaban J connectivity index is 1.54. The maximum Gasteiger partial charge on any atom is 0.271 e. The van der Waals surface area contributed by atoms with Crippen LogP contribution in [0.15, 0.2) is 35.5 Å². The van der Waals surface area contributed by atoms with Gasteiger partial charge in [0.2, 0.25) is 5.16 Å². The lowest BCUT2D eigenvalue weighted by Crippen LogP contribution is -2.17. The van der Waals surface area contributed by atoms with Gasteiger partial charge in [-0.15, -0.1) is 10.2 Å². The fraction of sp³-hybridized carbons (Fsp3) is 0.273. The summed E-state index contributed by atoms with van der Waals surface area (Å²) < 4.78 is 18.9. The first-order valence-corrected chi connectivity index (χ1v) is 11.0. The smallest absolute Gasteiger partial charge is 0.271 e. The SMILES string of the molecule is Cc1cc(C)n(-c2nnc(SCC(=O)c3cc(C)n(-c4ccc(C)c(F)c4)c3C)n2N)n1. The number of aryl methyl sites for hydroxylation is 4. The van der Waals surface area contributed by atoms with Crippen LogP contribution in [0, 0.1) is 40.4 Å². The highest BCUT2D eigenvalue weighted by Crippen LogP contribution is 2.25. The molecule has 1 aromatic carbocycles. The second-order valence-electron chi connectivity index (χ2n) is 7.76. The van der Waals surface area contributed by atoms with Crippen LogP contribution in [0.5, 0.6) is 0 Å². The maximum atomic E-state index is 14.1. The number of nitrogens with two attached hydrogens (primary N) is 1. The van der Waals surface area contributed by atoms with Gasteiger partial charge in [0.15, 0.2) is 5.78 Å². The number of hydrogen-bond donors (Lipinski definition) is 1. The molecule has 0 fully saturated rings. The van der Waals surface area contributed by atoms with Crippen LogP contribution in [0.2, 0.25) is 0 Å². The Morgan fingerprint density at radius 3 is 2.47 bits per heavy atom. The molecule has 0 radical (unpaired) electrons. The summed E-state index contributed by atoms with van der Waals surface area (Å²) in [5, 5.41) is 13.0. The largest absolute Gasteiger partial charge is 0.334 e. The van der Waals surface area contributed by atoms with E-state index in [9.17, 15) is 9.18 Å². The quantitative estimate of drug-likeness (QED) is 0.272. The third-order valence-electron chi connectivity index (χ3n) is 5.32. The highest BCUT2D eigenvalue weighted by molar-refractivity contribution is 7.99.